The third-order valence-corrected chi connectivity index (χ3v) is 5.11. The van der Waals surface area contributed by atoms with E-state index in [2.05, 4.69) is 28.1 Å². The lowest BCUT2D eigenvalue weighted by Gasteiger charge is -2.29. The zero-order valence-corrected chi connectivity index (χ0v) is 12.5. The maximum Gasteiger partial charge on any atom is 0.318 e. The van der Waals surface area contributed by atoms with Crippen LogP contribution in [0.4, 0.5) is 4.79 Å². The van der Waals surface area contributed by atoms with Gasteiger partial charge in [0.2, 0.25) is 5.91 Å². The topological polar surface area (TPSA) is 84.2 Å². The second kappa shape index (κ2) is 6.37. The second-order valence-corrected chi connectivity index (χ2v) is 6.37. The van der Waals surface area contributed by atoms with E-state index in [1.165, 1.54) is 17.7 Å². The van der Waals surface area contributed by atoms with Crippen molar-refractivity contribution in [2.24, 2.45) is 5.73 Å². The fraction of sp³-hybridized carbons (Fsp3) is 0.571. The zero-order chi connectivity index (χ0) is 14.6. The Kier molecular flexibility index (Phi) is 4.77. The van der Waals surface area contributed by atoms with Crippen LogP contribution in [0.15, 0.2) is 17.5 Å². The summed E-state index contributed by atoms with van der Waals surface area (Å²) < 4.78 is 0. The molecule has 0 unspecified atom stereocenters. The van der Waals surface area contributed by atoms with Crippen molar-refractivity contribution in [1.82, 2.24) is 10.6 Å². The minimum atomic E-state index is -0.808. The second-order valence-electron chi connectivity index (χ2n) is 5.42. The maximum atomic E-state index is 11.7. The Bertz CT molecular complexity index is 467. The van der Waals surface area contributed by atoms with Gasteiger partial charge in [0.1, 0.15) is 0 Å². The standard InChI is InChI=1S/C14H21N3O2S/c1-10(12(18)17-13(15)19)16-9-14(6-2-3-7-14)11-5-4-8-20-11/h4-5,8,10,16H,2-3,6-7,9H2,1H3,(H3,15,17,18,19)/t10-/m1/s1. The summed E-state index contributed by atoms with van der Waals surface area (Å²) in [6, 6.07) is 3.01. The highest BCUT2D eigenvalue weighted by atomic mass is 32.1. The van der Waals surface area contributed by atoms with Crippen molar-refractivity contribution in [3.63, 3.8) is 0 Å². The van der Waals surface area contributed by atoms with E-state index >= 15 is 0 Å². The Morgan fingerprint density at radius 1 is 1.45 bits per heavy atom. The monoisotopic (exact) mass is 295 g/mol. The third-order valence-electron chi connectivity index (χ3n) is 3.99. The SMILES string of the molecule is C[C@@H](NCC1(c2cccs2)CCCC1)C(=O)NC(N)=O. The number of primary amides is 1. The number of nitrogens with two attached hydrogens (primary N) is 1. The maximum absolute atomic E-state index is 11.7. The fourth-order valence-electron chi connectivity index (χ4n) is 2.81. The smallest absolute Gasteiger partial charge is 0.318 e. The Morgan fingerprint density at radius 3 is 2.70 bits per heavy atom. The van der Waals surface area contributed by atoms with Crippen LogP contribution in [0.25, 0.3) is 0 Å². The quantitative estimate of drug-likeness (QED) is 0.773. The van der Waals surface area contributed by atoms with Crippen molar-refractivity contribution in [2.45, 2.75) is 44.1 Å². The van der Waals surface area contributed by atoms with Crippen LogP contribution in [0.1, 0.15) is 37.5 Å². The predicted molar refractivity (Wildman–Crippen MR) is 79.7 cm³/mol. The van der Waals surface area contributed by atoms with Crippen LogP contribution >= 0.6 is 11.3 Å². The number of carbonyl (C=O) groups excluding carboxylic acids is 2. The minimum Gasteiger partial charge on any atom is -0.351 e. The molecule has 1 atom stereocenters. The van der Waals surface area contributed by atoms with Gasteiger partial charge in [-0.2, -0.15) is 0 Å². The Hall–Kier alpha value is -1.40. The van der Waals surface area contributed by atoms with Gasteiger partial charge in [0.05, 0.1) is 6.04 Å². The summed E-state index contributed by atoms with van der Waals surface area (Å²) in [5.74, 6) is -0.378. The molecule has 6 heteroatoms. The molecule has 20 heavy (non-hydrogen) atoms. The first-order valence-electron chi connectivity index (χ1n) is 6.91. The van der Waals surface area contributed by atoms with Crippen LogP contribution < -0.4 is 16.4 Å². The van der Waals surface area contributed by atoms with Gasteiger partial charge in [-0.3, -0.25) is 10.1 Å². The van der Waals surface area contributed by atoms with Crippen LogP contribution in [-0.2, 0) is 10.2 Å². The Labute approximate surface area is 122 Å². The molecule has 1 saturated carbocycles. The summed E-state index contributed by atoms with van der Waals surface area (Å²) in [6.07, 6.45) is 4.73. The largest absolute Gasteiger partial charge is 0.351 e. The van der Waals surface area contributed by atoms with Crippen LogP contribution in [0.5, 0.6) is 0 Å². The van der Waals surface area contributed by atoms with Crippen LogP contribution in [0.3, 0.4) is 0 Å². The molecule has 4 N–H and O–H groups in total. The molecule has 1 heterocycles. The zero-order valence-electron chi connectivity index (χ0n) is 11.6. The van der Waals surface area contributed by atoms with Gasteiger partial charge in [-0.15, -0.1) is 11.3 Å². The van der Waals surface area contributed by atoms with E-state index < -0.39 is 12.1 Å². The van der Waals surface area contributed by atoms with Gasteiger partial charge in [-0.1, -0.05) is 18.9 Å². The number of hydrogen-bond acceptors (Lipinski definition) is 4. The molecular formula is C14H21N3O2S. The lowest BCUT2D eigenvalue weighted by Crippen LogP contribution is -2.49. The van der Waals surface area contributed by atoms with E-state index in [0.29, 0.717) is 0 Å². The first kappa shape index (κ1) is 15.0. The molecule has 0 aliphatic heterocycles. The molecule has 1 aliphatic rings. The summed E-state index contributed by atoms with van der Waals surface area (Å²) in [5, 5.41) is 7.45. The number of rotatable bonds is 5. The molecule has 3 amide bonds. The molecule has 0 spiro atoms. The molecule has 110 valence electrons. The van der Waals surface area contributed by atoms with Crippen molar-refractivity contribution < 1.29 is 9.59 Å². The average molecular weight is 295 g/mol. The molecule has 1 aromatic rings. The lowest BCUT2D eigenvalue weighted by atomic mass is 9.84. The molecular weight excluding hydrogens is 274 g/mol. The molecule has 0 bridgehead atoms. The summed E-state index contributed by atoms with van der Waals surface area (Å²) in [7, 11) is 0. The molecule has 1 aromatic heterocycles. The summed E-state index contributed by atoms with van der Waals surface area (Å²) in [5.41, 5.74) is 5.09. The van der Waals surface area contributed by atoms with Gasteiger partial charge in [0, 0.05) is 16.8 Å². The lowest BCUT2D eigenvalue weighted by molar-refractivity contribution is -0.121. The number of imide groups is 1. The van der Waals surface area contributed by atoms with Crippen molar-refractivity contribution in [3.05, 3.63) is 22.4 Å². The molecule has 2 rings (SSSR count). The van der Waals surface area contributed by atoms with Crippen molar-refractivity contribution in [2.75, 3.05) is 6.54 Å². The Morgan fingerprint density at radius 2 is 2.15 bits per heavy atom. The summed E-state index contributed by atoms with van der Waals surface area (Å²) in [6.45, 7) is 2.50. The van der Waals surface area contributed by atoms with Gasteiger partial charge in [0.15, 0.2) is 0 Å². The molecule has 0 aromatic carbocycles. The first-order valence-corrected chi connectivity index (χ1v) is 7.79. The molecule has 1 fully saturated rings. The van der Waals surface area contributed by atoms with E-state index in [4.69, 9.17) is 5.73 Å². The molecule has 0 radical (unpaired) electrons. The number of urea groups is 1. The van der Waals surface area contributed by atoms with E-state index in [1.807, 2.05) is 0 Å². The summed E-state index contributed by atoms with van der Waals surface area (Å²) >= 11 is 1.78. The number of thiophene rings is 1. The van der Waals surface area contributed by atoms with E-state index in [0.717, 1.165) is 19.4 Å². The normalized spacial score (nSPS) is 18.6. The number of amides is 3. The number of hydrogen-bond donors (Lipinski definition) is 3. The summed E-state index contributed by atoms with van der Waals surface area (Å²) in [4.78, 5) is 23.7. The van der Waals surface area contributed by atoms with Gasteiger partial charge < -0.3 is 11.1 Å². The fourth-order valence-corrected chi connectivity index (χ4v) is 3.80. The molecule has 1 aliphatic carbocycles. The van der Waals surface area contributed by atoms with Crippen LogP contribution in [0.2, 0.25) is 0 Å². The van der Waals surface area contributed by atoms with E-state index in [-0.39, 0.29) is 11.3 Å². The highest BCUT2D eigenvalue weighted by molar-refractivity contribution is 7.10. The van der Waals surface area contributed by atoms with Gasteiger partial charge in [0.25, 0.3) is 0 Å². The number of nitrogens with one attached hydrogen (secondary N) is 2. The van der Waals surface area contributed by atoms with E-state index in [9.17, 15) is 9.59 Å². The first-order chi connectivity index (χ1) is 9.53. The van der Waals surface area contributed by atoms with Crippen LogP contribution in [-0.4, -0.2) is 24.5 Å². The van der Waals surface area contributed by atoms with Crippen molar-refractivity contribution in [1.29, 1.82) is 0 Å². The van der Waals surface area contributed by atoms with Crippen molar-refractivity contribution >= 4 is 23.3 Å². The predicted octanol–water partition coefficient (Wildman–Crippen LogP) is 1.73. The van der Waals surface area contributed by atoms with E-state index in [1.54, 1.807) is 18.3 Å². The minimum absolute atomic E-state index is 0.134. The average Bonchev–Trinajstić information content (AvgIpc) is 3.06. The van der Waals surface area contributed by atoms with Gasteiger partial charge in [-0.05, 0) is 31.2 Å². The molecule has 0 saturated heterocycles. The van der Waals surface area contributed by atoms with Crippen LogP contribution in [0, 0.1) is 0 Å². The van der Waals surface area contributed by atoms with Gasteiger partial charge in [-0.25, -0.2) is 4.79 Å². The highest BCUT2D eigenvalue weighted by Gasteiger charge is 2.36. The van der Waals surface area contributed by atoms with Gasteiger partial charge >= 0.3 is 6.03 Å². The Balaban J connectivity index is 1.97. The third kappa shape index (κ3) is 3.37. The number of carbonyl (C=O) groups is 2. The van der Waals surface area contributed by atoms with Crippen molar-refractivity contribution in [3.8, 4) is 0 Å². The molecule has 5 nitrogen and oxygen atoms in total. The highest BCUT2D eigenvalue weighted by Crippen LogP contribution is 2.42.